The number of imide groups is 1. The highest BCUT2D eigenvalue weighted by Crippen LogP contribution is 2.38. The minimum absolute atomic E-state index is 0. The zero-order valence-electron chi connectivity index (χ0n) is 25.9. The van der Waals surface area contributed by atoms with Crippen molar-refractivity contribution < 1.29 is 33.7 Å². The predicted octanol–water partition coefficient (Wildman–Crippen LogP) is 9.12. The summed E-state index contributed by atoms with van der Waals surface area (Å²) in [6.07, 6.45) is 3.68. The van der Waals surface area contributed by atoms with Crippen LogP contribution in [0.1, 0.15) is 64.4 Å². The van der Waals surface area contributed by atoms with Gasteiger partial charge in [0.2, 0.25) is 0 Å². The van der Waals surface area contributed by atoms with E-state index in [1.54, 1.807) is 54.6 Å². The van der Waals surface area contributed by atoms with Gasteiger partial charge >= 0.3 is 12.1 Å². The molecular weight excluding hydrogens is 660 g/mol. The van der Waals surface area contributed by atoms with Crippen LogP contribution in [-0.4, -0.2) is 49.7 Å². The van der Waals surface area contributed by atoms with Crippen molar-refractivity contribution in [1.29, 1.82) is 0 Å². The van der Waals surface area contributed by atoms with Crippen molar-refractivity contribution in [3.05, 3.63) is 106 Å². The molecule has 0 bridgehead atoms. The van der Waals surface area contributed by atoms with Crippen molar-refractivity contribution in [2.45, 2.75) is 44.8 Å². The summed E-state index contributed by atoms with van der Waals surface area (Å²) in [5.74, 6) is -1.65. The lowest BCUT2D eigenvalue weighted by Gasteiger charge is -2.25. The summed E-state index contributed by atoms with van der Waals surface area (Å²) in [6.45, 7) is -0.0484. The molecule has 9 nitrogen and oxygen atoms in total. The number of carboxylic acids is 1. The Morgan fingerprint density at radius 1 is 0.917 bits per heavy atom. The molecule has 1 saturated carbocycles. The van der Waals surface area contributed by atoms with E-state index in [-0.39, 0.29) is 47.5 Å². The smallest absolute Gasteiger partial charge is 0.414 e. The van der Waals surface area contributed by atoms with Crippen molar-refractivity contribution in [2.75, 3.05) is 7.05 Å². The fraction of sp³-hybridized carbons (Fsp3) is 0.222. The number of benzene rings is 4. The number of ether oxygens (including phenoxy) is 1. The summed E-state index contributed by atoms with van der Waals surface area (Å²) >= 11 is 6.08. The second-order valence-corrected chi connectivity index (χ2v) is 12.0. The molecule has 2 N–H and O–H groups in total. The van der Waals surface area contributed by atoms with E-state index in [1.807, 2.05) is 16.7 Å². The Labute approximate surface area is 286 Å². The third-order valence-corrected chi connectivity index (χ3v) is 8.80. The van der Waals surface area contributed by atoms with Crippen LogP contribution < -0.4 is 4.74 Å². The van der Waals surface area contributed by atoms with Crippen LogP contribution in [0.15, 0.2) is 78.9 Å². The maximum atomic E-state index is 15.9. The van der Waals surface area contributed by atoms with Gasteiger partial charge in [-0.3, -0.25) is 4.79 Å². The third kappa shape index (κ3) is 7.00. The van der Waals surface area contributed by atoms with Gasteiger partial charge in [-0.1, -0.05) is 49.1 Å². The molecule has 248 valence electrons. The van der Waals surface area contributed by atoms with Gasteiger partial charge in [-0.2, -0.15) is 0 Å². The molecule has 2 amide bonds. The van der Waals surface area contributed by atoms with Crippen molar-refractivity contribution in [2.24, 2.45) is 0 Å². The van der Waals surface area contributed by atoms with Gasteiger partial charge in [-0.25, -0.2) is 23.9 Å². The number of imidazole rings is 1. The molecule has 1 aliphatic rings. The largest absolute Gasteiger partial charge is 0.489 e. The van der Waals surface area contributed by atoms with Gasteiger partial charge in [0.25, 0.3) is 5.91 Å². The van der Waals surface area contributed by atoms with E-state index in [4.69, 9.17) is 21.3 Å². The number of aromatic nitrogens is 2. The van der Waals surface area contributed by atoms with Crippen LogP contribution in [-0.2, 0) is 6.61 Å². The van der Waals surface area contributed by atoms with Crippen molar-refractivity contribution in [1.82, 2.24) is 14.5 Å². The number of hydrogen-bond acceptors (Lipinski definition) is 5. The molecule has 12 heteroatoms. The highest BCUT2D eigenvalue weighted by molar-refractivity contribution is 6.30. The lowest BCUT2D eigenvalue weighted by atomic mass is 9.94. The first-order valence-electron chi connectivity index (χ1n) is 15.2. The molecule has 4 aromatic carbocycles. The van der Waals surface area contributed by atoms with Gasteiger partial charge in [-0.15, -0.1) is 12.4 Å². The monoisotopic (exact) mass is 691 g/mol. The Hall–Kier alpha value is -4.93. The van der Waals surface area contributed by atoms with Crippen LogP contribution in [0.4, 0.5) is 9.18 Å². The van der Waals surface area contributed by atoms with Crippen LogP contribution in [0.2, 0.25) is 5.02 Å². The Morgan fingerprint density at radius 2 is 1.60 bits per heavy atom. The Morgan fingerprint density at radius 3 is 2.27 bits per heavy atom. The zero-order valence-corrected chi connectivity index (χ0v) is 27.4. The fourth-order valence-corrected chi connectivity index (χ4v) is 6.22. The van der Waals surface area contributed by atoms with E-state index in [0.29, 0.717) is 26.8 Å². The number of nitrogens with zero attached hydrogens (tertiary/aromatic N) is 3. The number of aromatic carboxylic acids is 1. The molecule has 5 aromatic rings. The number of fused-ring (bicyclic) bond motifs is 1. The van der Waals surface area contributed by atoms with E-state index < -0.39 is 23.8 Å². The van der Waals surface area contributed by atoms with E-state index >= 15 is 4.39 Å². The van der Waals surface area contributed by atoms with Gasteiger partial charge in [0.15, 0.2) is 0 Å². The summed E-state index contributed by atoms with van der Waals surface area (Å²) in [6, 6.07) is 21.3. The van der Waals surface area contributed by atoms with Gasteiger partial charge in [0.05, 0.1) is 22.2 Å². The topological polar surface area (TPSA) is 122 Å². The summed E-state index contributed by atoms with van der Waals surface area (Å²) in [7, 11) is 1.17. The first-order chi connectivity index (χ1) is 22.6. The number of halogens is 3. The molecule has 1 aliphatic carbocycles. The molecule has 1 aromatic heterocycles. The normalized spacial score (nSPS) is 13.1. The Balaban J connectivity index is 0.00000451. The molecule has 0 radical (unpaired) electrons. The number of carbonyl (C=O) groups is 3. The average Bonchev–Trinajstić information content (AvgIpc) is 3.46. The molecule has 0 unspecified atom stereocenters. The van der Waals surface area contributed by atoms with Crippen molar-refractivity contribution >= 4 is 53.0 Å². The van der Waals surface area contributed by atoms with Crippen LogP contribution in [0.3, 0.4) is 0 Å². The number of carboxylic acid groups (broad SMARTS) is 2. The highest BCUT2D eigenvalue weighted by Gasteiger charge is 2.25. The van der Waals surface area contributed by atoms with Crippen LogP contribution in [0, 0.1) is 5.82 Å². The number of carbonyl (C=O) groups excluding carboxylic acids is 1. The lowest BCUT2D eigenvalue weighted by molar-refractivity contribution is 0.0695. The van der Waals surface area contributed by atoms with Gasteiger partial charge in [0, 0.05) is 29.7 Å². The summed E-state index contributed by atoms with van der Waals surface area (Å²) < 4.78 is 24.0. The van der Waals surface area contributed by atoms with E-state index in [0.717, 1.165) is 48.7 Å². The number of rotatable bonds is 8. The van der Waals surface area contributed by atoms with Crippen LogP contribution >= 0.6 is 24.0 Å². The van der Waals surface area contributed by atoms with Gasteiger partial charge in [0.1, 0.15) is 24.0 Å². The average molecular weight is 693 g/mol. The first-order valence-corrected chi connectivity index (χ1v) is 15.6. The van der Waals surface area contributed by atoms with Crippen LogP contribution in [0.25, 0.3) is 33.5 Å². The Kier molecular flexibility index (Phi) is 10.4. The quantitative estimate of drug-likeness (QED) is 0.166. The maximum absolute atomic E-state index is 15.9. The minimum Gasteiger partial charge on any atom is -0.489 e. The zero-order chi connectivity index (χ0) is 33.2. The molecule has 6 rings (SSSR count). The molecule has 0 saturated heterocycles. The summed E-state index contributed by atoms with van der Waals surface area (Å²) in [5, 5.41) is 19.4. The SMILES string of the molecule is CN(C(=O)O)C(=O)c1ccc(-c2ccc(Cl)cc2)c(COc2ccc(-c3nc4cc(C(=O)O)ccc4n3C3CCCCC3)c(F)c2)c1.Cl. The molecule has 0 spiro atoms. The number of amides is 2. The highest BCUT2D eigenvalue weighted by atomic mass is 35.5. The predicted molar refractivity (Wildman–Crippen MR) is 183 cm³/mol. The van der Waals surface area contributed by atoms with E-state index in [9.17, 15) is 24.6 Å². The molecular formula is C36H32Cl2FN3O6. The number of hydrogen-bond donors (Lipinski definition) is 2. The molecule has 0 atom stereocenters. The Bertz CT molecular complexity index is 2010. The lowest BCUT2D eigenvalue weighted by Crippen LogP contribution is -2.31. The minimum atomic E-state index is -1.38. The van der Waals surface area contributed by atoms with Gasteiger partial charge in [-0.05, 0) is 84.1 Å². The first kappa shape index (κ1) is 34.4. The second-order valence-electron chi connectivity index (χ2n) is 11.6. The summed E-state index contributed by atoms with van der Waals surface area (Å²) in [4.78, 5) is 41.1. The van der Waals surface area contributed by atoms with E-state index in [1.165, 1.54) is 19.2 Å². The summed E-state index contributed by atoms with van der Waals surface area (Å²) in [5.41, 5.74) is 3.89. The molecule has 0 aliphatic heterocycles. The third-order valence-electron chi connectivity index (χ3n) is 8.55. The second kappa shape index (κ2) is 14.5. The van der Waals surface area contributed by atoms with Gasteiger partial charge < -0.3 is 19.5 Å². The maximum Gasteiger partial charge on any atom is 0.414 e. The van der Waals surface area contributed by atoms with E-state index in [2.05, 4.69) is 0 Å². The molecule has 48 heavy (non-hydrogen) atoms. The van der Waals surface area contributed by atoms with Crippen molar-refractivity contribution in [3.8, 4) is 28.3 Å². The fourth-order valence-electron chi connectivity index (χ4n) is 6.10. The standard InChI is InChI=1S/C36H31ClFN3O6.ClH/c1-40(36(45)46)34(42)22-9-14-28(21-7-11-25(37)12-8-21)24(17-22)20-47-27-13-15-29(30(38)19-27)33-39-31-18-23(35(43)44)10-16-32(31)41(33)26-5-3-2-4-6-26;/h7-19,26H,2-6,20H2,1H3,(H,43,44)(H,45,46);1H. The molecule has 1 fully saturated rings. The molecule has 1 heterocycles. The van der Waals surface area contributed by atoms with Crippen LogP contribution in [0.5, 0.6) is 5.75 Å². The van der Waals surface area contributed by atoms with Crippen molar-refractivity contribution in [3.63, 3.8) is 0 Å².